The first-order chi connectivity index (χ1) is 10.2. The molecule has 0 spiro atoms. The fraction of sp³-hybridized carbons (Fsp3) is 0.368. The van der Waals surface area contributed by atoms with Crippen LogP contribution in [0, 0.1) is 0 Å². The van der Waals surface area contributed by atoms with Gasteiger partial charge in [0.05, 0.1) is 0 Å². The molecule has 0 amide bonds. The van der Waals surface area contributed by atoms with Crippen molar-refractivity contribution in [3.05, 3.63) is 72.1 Å². The molecule has 1 unspecified atom stereocenters. The first-order valence-corrected chi connectivity index (χ1v) is 7.52. The van der Waals surface area contributed by atoms with Gasteiger partial charge in [-0.15, -0.1) is 0 Å². The third-order valence-electron chi connectivity index (χ3n) is 3.37. The number of allylic oxidation sites excluding steroid dienone is 8. The molecule has 1 N–H and O–H groups in total. The molecule has 21 heavy (non-hydrogen) atoms. The zero-order valence-corrected chi connectivity index (χ0v) is 13.4. The summed E-state index contributed by atoms with van der Waals surface area (Å²) in [5.41, 5.74) is 2.30. The highest BCUT2D eigenvalue weighted by molar-refractivity contribution is 5.31. The van der Waals surface area contributed by atoms with Crippen molar-refractivity contribution in [3.63, 3.8) is 0 Å². The highest BCUT2D eigenvalue weighted by Gasteiger charge is 2.15. The van der Waals surface area contributed by atoms with Gasteiger partial charge in [-0.25, -0.2) is 0 Å². The van der Waals surface area contributed by atoms with Gasteiger partial charge in [0, 0.05) is 12.8 Å². The van der Waals surface area contributed by atoms with Crippen LogP contribution < -0.4 is 5.32 Å². The first-order valence-electron chi connectivity index (χ1n) is 7.52. The number of rotatable bonds is 8. The molecular formula is C19H27NO. The summed E-state index contributed by atoms with van der Waals surface area (Å²) in [6.07, 6.45) is 18.1. The fourth-order valence-corrected chi connectivity index (χ4v) is 2.10. The molecule has 0 saturated heterocycles. The van der Waals surface area contributed by atoms with Gasteiger partial charge in [-0.05, 0) is 38.6 Å². The third kappa shape index (κ3) is 6.01. The van der Waals surface area contributed by atoms with Crippen LogP contribution in [0.25, 0.3) is 0 Å². The molecule has 0 aromatic carbocycles. The van der Waals surface area contributed by atoms with Crippen molar-refractivity contribution in [2.45, 2.75) is 32.8 Å². The summed E-state index contributed by atoms with van der Waals surface area (Å²) in [5.74, 6) is 1.04. The molecule has 0 bridgehead atoms. The smallest absolute Gasteiger partial charge is 0.124 e. The second-order valence-corrected chi connectivity index (χ2v) is 4.99. The van der Waals surface area contributed by atoms with Gasteiger partial charge in [0.25, 0.3) is 0 Å². The van der Waals surface area contributed by atoms with E-state index in [0.29, 0.717) is 0 Å². The molecule has 0 aliphatic heterocycles. The second-order valence-electron chi connectivity index (χ2n) is 4.99. The van der Waals surface area contributed by atoms with E-state index in [9.17, 15) is 0 Å². The molecule has 2 nitrogen and oxygen atoms in total. The Kier molecular flexibility index (Phi) is 8.22. The Hall–Kier alpha value is -1.80. The number of hydrogen-bond acceptors (Lipinski definition) is 2. The molecule has 114 valence electrons. The Morgan fingerprint density at radius 1 is 1.48 bits per heavy atom. The third-order valence-corrected chi connectivity index (χ3v) is 3.37. The lowest BCUT2D eigenvalue weighted by atomic mass is 10.1. The SMILES string of the molecule is C=C/C(=C\C=C/C)C(CCNC)OC1=C(C)C=CC=CC1. The maximum Gasteiger partial charge on any atom is 0.124 e. The van der Waals surface area contributed by atoms with Gasteiger partial charge in [-0.2, -0.15) is 0 Å². The standard InChI is InChI=1S/C19H27NO/c1-5-7-12-17(6-2)19(14-15-20-4)21-18-13-10-8-9-11-16(18)3/h5-12,19-20H,2,13-15H2,1,3-4H3/b7-5-,17-12+. The Balaban J connectivity index is 2.94. The Bertz CT molecular complexity index is 478. The van der Waals surface area contributed by atoms with Crippen molar-refractivity contribution >= 4 is 0 Å². The molecule has 2 heteroatoms. The van der Waals surface area contributed by atoms with Crippen molar-refractivity contribution in [2.75, 3.05) is 13.6 Å². The molecule has 1 aliphatic carbocycles. The summed E-state index contributed by atoms with van der Waals surface area (Å²) in [5, 5.41) is 3.19. The van der Waals surface area contributed by atoms with Gasteiger partial charge < -0.3 is 10.1 Å². The zero-order valence-electron chi connectivity index (χ0n) is 13.4. The van der Waals surface area contributed by atoms with E-state index in [2.05, 4.69) is 49.2 Å². The van der Waals surface area contributed by atoms with E-state index in [1.54, 1.807) is 0 Å². The molecule has 1 aliphatic rings. The van der Waals surface area contributed by atoms with E-state index in [1.807, 2.05) is 32.2 Å². The number of ether oxygens (including phenoxy) is 1. The summed E-state index contributed by atoms with van der Waals surface area (Å²) in [6, 6.07) is 0. The van der Waals surface area contributed by atoms with Gasteiger partial charge in [-0.1, -0.05) is 55.2 Å². The quantitative estimate of drug-likeness (QED) is 0.665. The van der Waals surface area contributed by atoms with Crippen LogP contribution in [0.2, 0.25) is 0 Å². The molecule has 0 aromatic rings. The molecule has 1 atom stereocenters. The van der Waals surface area contributed by atoms with Gasteiger partial charge in [0.15, 0.2) is 0 Å². The molecule has 0 radical (unpaired) electrons. The first kappa shape index (κ1) is 17.3. The van der Waals surface area contributed by atoms with E-state index in [-0.39, 0.29) is 6.10 Å². The molecular weight excluding hydrogens is 258 g/mol. The highest BCUT2D eigenvalue weighted by Crippen LogP contribution is 2.22. The largest absolute Gasteiger partial charge is 0.489 e. The molecule has 1 rings (SSSR count). The van der Waals surface area contributed by atoms with Crippen molar-refractivity contribution < 1.29 is 4.74 Å². The second kappa shape index (κ2) is 10.0. The lowest BCUT2D eigenvalue weighted by molar-refractivity contribution is 0.135. The number of nitrogens with one attached hydrogen (secondary N) is 1. The predicted octanol–water partition coefficient (Wildman–Crippen LogP) is 4.46. The van der Waals surface area contributed by atoms with Crippen LogP contribution in [0.3, 0.4) is 0 Å². The normalized spacial score (nSPS) is 17.2. The summed E-state index contributed by atoms with van der Waals surface area (Å²) in [6.45, 7) is 8.94. The topological polar surface area (TPSA) is 21.3 Å². The maximum atomic E-state index is 6.30. The summed E-state index contributed by atoms with van der Waals surface area (Å²) >= 11 is 0. The van der Waals surface area contributed by atoms with Gasteiger partial charge in [0.1, 0.15) is 11.9 Å². The zero-order chi connectivity index (χ0) is 15.5. The maximum absolute atomic E-state index is 6.30. The van der Waals surface area contributed by atoms with E-state index in [4.69, 9.17) is 4.74 Å². The van der Waals surface area contributed by atoms with Crippen molar-refractivity contribution in [1.29, 1.82) is 0 Å². The van der Waals surface area contributed by atoms with Crippen LogP contribution >= 0.6 is 0 Å². The fourth-order valence-electron chi connectivity index (χ4n) is 2.10. The minimum atomic E-state index is 0.0241. The van der Waals surface area contributed by atoms with Crippen molar-refractivity contribution in [3.8, 4) is 0 Å². The minimum Gasteiger partial charge on any atom is -0.489 e. The average Bonchev–Trinajstić information content (AvgIpc) is 2.70. The van der Waals surface area contributed by atoms with Crippen LogP contribution in [-0.4, -0.2) is 19.7 Å². The Morgan fingerprint density at radius 3 is 2.95 bits per heavy atom. The lowest BCUT2D eigenvalue weighted by Crippen LogP contribution is -2.21. The Labute approximate surface area is 129 Å². The van der Waals surface area contributed by atoms with Gasteiger partial charge in [-0.3, -0.25) is 0 Å². The monoisotopic (exact) mass is 285 g/mol. The predicted molar refractivity (Wildman–Crippen MR) is 92.1 cm³/mol. The van der Waals surface area contributed by atoms with E-state index in [0.717, 1.165) is 30.7 Å². The highest BCUT2D eigenvalue weighted by atomic mass is 16.5. The van der Waals surface area contributed by atoms with Crippen LogP contribution in [0.15, 0.2) is 72.1 Å². The average molecular weight is 285 g/mol. The van der Waals surface area contributed by atoms with Crippen molar-refractivity contribution in [2.24, 2.45) is 0 Å². The molecule has 0 saturated carbocycles. The van der Waals surface area contributed by atoms with Gasteiger partial charge >= 0.3 is 0 Å². The number of hydrogen-bond donors (Lipinski definition) is 1. The molecule has 0 aromatic heterocycles. The Morgan fingerprint density at radius 2 is 2.29 bits per heavy atom. The van der Waals surface area contributed by atoms with Crippen LogP contribution in [0.4, 0.5) is 0 Å². The van der Waals surface area contributed by atoms with E-state index < -0.39 is 0 Å². The molecule has 0 heterocycles. The summed E-state index contributed by atoms with van der Waals surface area (Å²) in [4.78, 5) is 0. The van der Waals surface area contributed by atoms with Crippen molar-refractivity contribution in [1.82, 2.24) is 5.32 Å². The van der Waals surface area contributed by atoms with E-state index in [1.165, 1.54) is 5.57 Å². The summed E-state index contributed by atoms with van der Waals surface area (Å²) in [7, 11) is 1.96. The van der Waals surface area contributed by atoms with E-state index >= 15 is 0 Å². The van der Waals surface area contributed by atoms with Crippen LogP contribution in [0.1, 0.15) is 26.7 Å². The van der Waals surface area contributed by atoms with Crippen LogP contribution in [0.5, 0.6) is 0 Å². The van der Waals surface area contributed by atoms with Gasteiger partial charge in [0.2, 0.25) is 0 Å². The minimum absolute atomic E-state index is 0.0241. The molecule has 0 fully saturated rings. The van der Waals surface area contributed by atoms with Crippen LogP contribution in [-0.2, 0) is 4.74 Å². The lowest BCUT2D eigenvalue weighted by Gasteiger charge is -2.22. The summed E-state index contributed by atoms with van der Waals surface area (Å²) < 4.78 is 6.30.